The Balaban J connectivity index is 1.71. The zero-order valence-corrected chi connectivity index (χ0v) is 13.7. The molecule has 0 N–H and O–H groups in total. The van der Waals surface area contributed by atoms with E-state index in [2.05, 4.69) is 49.4 Å². The highest BCUT2D eigenvalue weighted by molar-refractivity contribution is 6.26. The summed E-state index contributed by atoms with van der Waals surface area (Å²) in [4.78, 5) is 0. The lowest BCUT2D eigenvalue weighted by Crippen LogP contribution is -2.04. The van der Waals surface area contributed by atoms with Crippen LogP contribution in [0.15, 0.2) is 42.5 Å². The summed E-state index contributed by atoms with van der Waals surface area (Å²) in [5, 5.41) is 2.57. The molecule has 2 aromatic carbocycles. The smallest absolute Gasteiger partial charge is 0.161 e. The van der Waals surface area contributed by atoms with Gasteiger partial charge in [0.05, 0.1) is 6.61 Å². The molecule has 0 unspecified atom stereocenters. The molecule has 0 saturated heterocycles. The number of rotatable bonds is 9. The predicted octanol–water partition coefficient (Wildman–Crippen LogP) is 3.68. The number of benzene rings is 2. The van der Waals surface area contributed by atoms with Crippen LogP contribution in [0.2, 0.25) is 6.04 Å². The first-order chi connectivity index (χ1) is 9.92. The lowest BCUT2D eigenvalue weighted by molar-refractivity contribution is 0.108. The van der Waals surface area contributed by atoms with Crippen molar-refractivity contribution in [3.63, 3.8) is 0 Å². The van der Waals surface area contributed by atoms with E-state index in [1.807, 2.05) is 0 Å². The van der Waals surface area contributed by atoms with Crippen molar-refractivity contribution < 1.29 is 9.16 Å². The van der Waals surface area contributed by atoms with Gasteiger partial charge in [-0.25, -0.2) is 0 Å². The van der Waals surface area contributed by atoms with Crippen molar-refractivity contribution in [3.8, 4) is 0 Å². The van der Waals surface area contributed by atoms with E-state index < -0.39 is 0 Å². The van der Waals surface area contributed by atoms with E-state index in [9.17, 15) is 0 Å². The Morgan fingerprint density at radius 1 is 1.00 bits per heavy atom. The molecular weight excluding hydrogens is 264 g/mol. The summed E-state index contributed by atoms with van der Waals surface area (Å²) in [6, 6.07) is 16.1. The van der Waals surface area contributed by atoms with Crippen molar-refractivity contribution in [2.24, 2.45) is 0 Å². The van der Waals surface area contributed by atoms with Crippen molar-refractivity contribution >= 4 is 20.5 Å². The van der Waals surface area contributed by atoms with Gasteiger partial charge in [0.1, 0.15) is 0 Å². The second kappa shape index (κ2) is 8.90. The van der Waals surface area contributed by atoms with Gasteiger partial charge in [0.25, 0.3) is 0 Å². The van der Waals surface area contributed by atoms with Crippen molar-refractivity contribution in [2.75, 3.05) is 13.2 Å². The zero-order valence-electron chi connectivity index (χ0n) is 12.3. The predicted molar refractivity (Wildman–Crippen MR) is 87.8 cm³/mol. The van der Waals surface area contributed by atoms with Crippen molar-refractivity contribution in [1.29, 1.82) is 0 Å². The van der Waals surface area contributed by atoms with Crippen LogP contribution >= 0.6 is 0 Å². The molecule has 0 amide bonds. The van der Waals surface area contributed by atoms with E-state index in [0.717, 1.165) is 19.6 Å². The van der Waals surface area contributed by atoms with E-state index >= 15 is 0 Å². The van der Waals surface area contributed by atoms with Crippen molar-refractivity contribution in [2.45, 2.75) is 32.4 Å². The Bertz CT molecular complexity index is 508. The Labute approximate surface area is 124 Å². The maximum absolute atomic E-state index is 5.77. The first-order valence-corrected chi connectivity index (χ1v) is 9.11. The van der Waals surface area contributed by atoms with Gasteiger partial charge >= 0.3 is 0 Å². The van der Waals surface area contributed by atoms with Gasteiger partial charge in [-0.15, -0.1) is 0 Å². The maximum atomic E-state index is 5.77. The first-order valence-electron chi connectivity index (χ1n) is 7.54. The molecule has 20 heavy (non-hydrogen) atoms. The average Bonchev–Trinajstić information content (AvgIpc) is 2.50. The largest absolute Gasteiger partial charge is 0.424 e. The van der Waals surface area contributed by atoms with E-state index in [-0.39, 0.29) is 9.76 Å². The maximum Gasteiger partial charge on any atom is 0.161 e. The topological polar surface area (TPSA) is 18.5 Å². The molecule has 0 aliphatic heterocycles. The summed E-state index contributed by atoms with van der Waals surface area (Å²) in [5.74, 6) is 0. The van der Waals surface area contributed by atoms with Gasteiger partial charge in [-0.3, -0.25) is 0 Å². The summed E-state index contributed by atoms with van der Waals surface area (Å²) >= 11 is 0. The standard InChI is InChI=1S/C17H24O2Si/c1-2-13-20-19-12-6-11-18-14-16-9-5-8-15-7-3-4-10-17(15)16/h3-5,7-10H,2,6,11-14,20H2,1H3. The minimum absolute atomic E-state index is 0.257. The van der Waals surface area contributed by atoms with Crippen molar-refractivity contribution in [3.05, 3.63) is 48.0 Å². The molecule has 3 heteroatoms. The number of fused-ring (bicyclic) bond motifs is 1. The summed E-state index contributed by atoms with van der Waals surface area (Å²) in [5.41, 5.74) is 1.27. The molecule has 2 aromatic rings. The lowest BCUT2D eigenvalue weighted by atomic mass is 10.1. The van der Waals surface area contributed by atoms with Crippen LogP contribution in [0.5, 0.6) is 0 Å². The van der Waals surface area contributed by atoms with Crippen LogP contribution in [-0.2, 0) is 15.8 Å². The van der Waals surface area contributed by atoms with Gasteiger partial charge in [0.15, 0.2) is 9.76 Å². The molecule has 0 aliphatic rings. The third-order valence-electron chi connectivity index (χ3n) is 3.36. The van der Waals surface area contributed by atoms with Gasteiger partial charge in [-0.2, -0.15) is 0 Å². The lowest BCUT2D eigenvalue weighted by Gasteiger charge is -2.08. The highest BCUT2D eigenvalue weighted by Crippen LogP contribution is 2.19. The SMILES string of the molecule is CCC[SiH2]OCCCOCc1cccc2ccccc12. The molecular formula is C17H24O2Si. The fourth-order valence-corrected chi connectivity index (χ4v) is 3.11. The van der Waals surface area contributed by atoms with E-state index in [1.165, 1.54) is 28.8 Å². The van der Waals surface area contributed by atoms with Gasteiger partial charge < -0.3 is 9.16 Å². The molecule has 2 rings (SSSR count). The quantitative estimate of drug-likeness (QED) is 0.518. The molecule has 108 valence electrons. The molecule has 0 aromatic heterocycles. The molecule has 0 aliphatic carbocycles. The van der Waals surface area contributed by atoms with Crippen LogP contribution in [0.4, 0.5) is 0 Å². The summed E-state index contributed by atoms with van der Waals surface area (Å²) < 4.78 is 11.4. The van der Waals surface area contributed by atoms with Crippen LogP contribution < -0.4 is 0 Å². The molecule has 2 nitrogen and oxygen atoms in total. The number of ether oxygens (including phenoxy) is 1. The van der Waals surface area contributed by atoms with Gasteiger partial charge in [0, 0.05) is 13.2 Å². The third kappa shape index (κ3) is 4.74. The fourth-order valence-electron chi connectivity index (χ4n) is 2.21. The van der Waals surface area contributed by atoms with Gasteiger partial charge in [-0.1, -0.05) is 55.8 Å². The van der Waals surface area contributed by atoms with Crippen molar-refractivity contribution in [1.82, 2.24) is 0 Å². The highest BCUT2D eigenvalue weighted by Gasteiger charge is 2.00. The minimum atomic E-state index is -0.257. The van der Waals surface area contributed by atoms with Gasteiger partial charge in [0.2, 0.25) is 0 Å². The molecule has 0 spiro atoms. The van der Waals surface area contributed by atoms with Gasteiger partial charge in [-0.05, 0) is 28.8 Å². The Kier molecular flexibility index (Phi) is 6.78. The highest BCUT2D eigenvalue weighted by atomic mass is 28.2. The second-order valence-electron chi connectivity index (χ2n) is 5.01. The molecule has 0 saturated carbocycles. The first kappa shape index (κ1) is 15.2. The molecule has 0 bridgehead atoms. The Morgan fingerprint density at radius 3 is 2.75 bits per heavy atom. The van der Waals surface area contributed by atoms with Crippen LogP contribution in [0.25, 0.3) is 10.8 Å². The van der Waals surface area contributed by atoms with Crippen LogP contribution in [-0.4, -0.2) is 23.0 Å². The normalized spacial score (nSPS) is 11.7. The third-order valence-corrected chi connectivity index (χ3v) is 4.93. The molecule has 0 heterocycles. The number of hydrogen-bond acceptors (Lipinski definition) is 2. The molecule has 0 atom stereocenters. The molecule has 0 fully saturated rings. The molecule has 0 radical (unpaired) electrons. The Morgan fingerprint density at radius 2 is 1.85 bits per heavy atom. The van der Waals surface area contributed by atoms with E-state index in [1.54, 1.807) is 0 Å². The van der Waals surface area contributed by atoms with Crippen LogP contribution in [0.3, 0.4) is 0 Å². The Hall–Kier alpha value is -1.16. The average molecular weight is 288 g/mol. The fraction of sp³-hybridized carbons (Fsp3) is 0.412. The monoisotopic (exact) mass is 288 g/mol. The number of hydrogen-bond donors (Lipinski definition) is 0. The second-order valence-corrected chi connectivity index (χ2v) is 6.53. The summed E-state index contributed by atoms with van der Waals surface area (Å²) in [6.45, 7) is 4.54. The summed E-state index contributed by atoms with van der Waals surface area (Å²) in [7, 11) is -0.257. The minimum Gasteiger partial charge on any atom is -0.424 e. The van der Waals surface area contributed by atoms with E-state index in [4.69, 9.17) is 9.16 Å². The summed E-state index contributed by atoms with van der Waals surface area (Å²) in [6.07, 6.45) is 2.26. The van der Waals surface area contributed by atoms with E-state index in [0.29, 0.717) is 6.61 Å². The van der Waals surface area contributed by atoms with Crippen LogP contribution in [0, 0.1) is 0 Å². The van der Waals surface area contributed by atoms with Crippen LogP contribution in [0.1, 0.15) is 25.3 Å². The zero-order chi connectivity index (χ0) is 14.0.